The Morgan fingerprint density at radius 3 is 2.48 bits per heavy atom. The van der Waals surface area contributed by atoms with Crippen molar-refractivity contribution in [1.82, 2.24) is 5.32 Å². The van der Waals surface area contributed by atoms with Crippen molar-refractivity contribution in [3.8, 4) is 0 Å². The minimum absolute atomic E-state index is 0.0874. The molecule has 3 aromatic rings. The molecule has 0 aliphatic carbocycles. The molecule has 1 N–H and O–H groups in total. The van der Waals surface area contributed by atoms with Gasteiger partial charge in [-0.15, -0.1) is 0 Å². The summed E-state index contributed by atoms with van der Waals surface area (Å²) >= 11 is 11.9. The molecule has 25 heavy (non-hydrogen) atoms. The molecule has 126 valence electrons. The monoisotopic (exact) mass is 369 g/mol. The zero-order valence-corrected chi connectivity index (χ0v) is 15.2. The van der Waals surface area contributed by atoms with Crippen LogP contribution in [0, 0.1) is 0 Å². The van der Waals surface area contributed by atoms with Crippen LogP contribution in [-0.4, -0.2) is 5.91 Å². The van der Waals surface area contributed by atoms with Gasteiger partial charge in [-0.1, -0.05) is 65.7 Å². The third-order valence-electron chi connectivity index (χ3n) is 4.00. The Bertz CT molecular complexity index is 950. The van der Waals surface area contributed by atoms with E-state index in [2.05, 4.69) is 29.6 Å². The highest BCUT2D eigenvalue weighted by Gasteiger charge is 2.08. The van der Waals surface area contributed by atoms with Crippen molar-refractivity contribution in [1.29, 1.82) is 0 Å². The van der Waals surface area contributed by atoms with Crippen LogP contribution in [0.5, 0.6) is 0 Å². The Kier molecular flexibility index (Phi) is 5.42. The summed E-state index contributed by atoms with van der Waals surface area (Å²) in [4.78, 5) is 12.2. The molecule has 0 aliphatic rings. The molecule has 0 bridgehead atoms. The van der Waals surface area contributed by atoms with Crippen molar-refractivity contribution in [2.24, 2.45) is 0 Å². The fraction of sp³-hybridized carbons (Fsp3) is 0.0952. The van der Waals surface area contributed by atoms with Crippen LogP contribution in [0.3, 0.4) is 0 Å². The normalized spacial score (nSPS) is 12.4. The Labute approximate surface area is 157 Å². The van der Waals surface area contributed by atoms with Crippen LogP contribution >= 0.6 is 23.2 Å². The molecule has 0 aliphatic heterocycles. The minimum Gasteiger partial charge on any atom is -0.346 e. The Hall–Kier alpha value is -2.29. The van der Waals surface area contributed by atoms with Crippen molar-refractivity contribution in [3.05, 3.63) is 87.9 Å². The number of fused-ring (bicyclic) bond motifs is 1. The standard InChI is InChI=1S/C21H17Cl2NO/c1-14(17-9-8-16-4-2-3-5-18(16)13-17)24-21(25)11-7-15-6-10-19(22)20(23)12-15/h2-14H,1H3,(H,24,25)/b11-7+. The number of carbonyl (C=O) groups excluding carboxylic acids is 1. The third kappa shape index (κ3) is 4.41. The lowest BCUT2D eigenvalue weighted by molar-refractivity contribution is -0.117. The van der Waals surface area contributed by atoms with Crippen molar-refractivity contribution in [2.45, 2.75) is 13.0 Å². The Morgan fingerprint density at radius 2 is 1.72 bits per heavy atom. The largest absolute Gasteiger partial charge is 0.346 e. The summed E-state index contributed by atoms with van der Waals surface area (Å²) in [6.07, 6.45) is 3.21. The number of rotatable bonds is 4. The van der Waals surface area contributed by atoms with Gasteiger partial charge in [-0.05, 0) is 53.1 Å². The summed E-state index contributed by atoms with van der Waals surface area (Å²) in [6.45, 7) is 1.97. The predicted octanol–water partition coefficient (Wildman–Crippen LogP) is 6.04. The van der Waals surface area contributed by atoms with E-state index in [0.29, 0.717) is 10.0 Å². The second-order valence-corrected chi connectivity index (χ2v) is 6.66. The van der Waals surface area contributed by atoms with Gasteiger partial charge in [-0.2, -0.15) is 0 Å². The molecule has 0 saturated carbocycles. The number of amides is 1. The van der Waals surface area contributed by atoms with Gasteiger partial charge in [-0.3, -0.25) is 4.79 Å². The molecule has 2 nitrogen and oxygen atoms in total. The Morgan fingerprint density at radius 1 is 0.960 bits per heavy atom. The predicted molar refractivity (Wildman–Crippen MR) is 106 cm³/mol. The zero-order valence-electron chi connectivity index (χ0n) is 13.7. The second-order valence-electron chi connectivity index (χ2n) is 5.84. The van der Waals surface area contributed by atoms with E-state index in [-0.39, 0.29) is 11.9 Å². The molecule has 1 unspecified atom stereocenters. The summed E-state index contributed by atoms with van der Waals surface area (Å²) in [6, 6.07) is 19.5. The lowest BCUT2D eigenvalue weighted by atomic mass is 10.0. The first-order chi connectivity index (χ1) is 12.0. The van der Waals surface area contributed by atoms with Crippen LogP contribution in [0.1, 0.15) is 24.1 Å². The highest BCUT2D eigenvalue weighted by atomic mass is 35.5. The van der Waals surface area contributed by atoms with E-state index in [4.69, 9.17) is 23.2 Å². The maximum absolute atomic E-state index is 12.2. The molecule has 3 aromatic carbocycles. The summed E-state index contributed by atoms with van der Waals surface area (Å²) in [7, 11) is 0. The highest BCUT2D eigenvalue weighted by molar-refractivity contribution is 6.42. The van der Waals surface area contributed by atoms with Crippen LogP contribution in [0.4, 0.5) is 0 Å². The van der Waals surface area contributed by atoms with E-state index in [1.807, 2.05) is 31.2 Å². The number of hydrogen-bond donors (Lipinski definition) is 1. The molecule has 0 aromatic heterocycles. The average Bonchev–Trinajstić information content (AvgIpc) is 2.62. The maximum atomic E-state index is 12.2. The summed E-state index contributed by atoms with van der Waals surface area (Å²) in [5, 5.41) is 6.28. The molecular weight excluding hydrogens is 353 g/mol. The van der Waals surface area contributed by atoms with Gasteiger partial charge in [-0.25, -0.2) is 0 Å². The molecular formula is C21H17Cl2NO. The van der Waals surface area contributed by atoms with Crippen molar-refractivity contribution >= 4 is 46.0 Å². The molecule has 0 saturated heterocycles. The van der Waals surface area contributed by atoms with Crippen molar-refractivity contribution < 1.29 is 4.79 Å². The van der Waals surface area contributed by atoms with Gasteiger partial charge in [0, 0.05) is 6.08 Å². The van der Waals surface area contributed by atoms with Gasteiger partial charge in [0.05, 0.1) is 16.1 Å². The van der Waals surface area contributed by atoms with Crippen LogP contribution < -0.4 is 5.32 Å². The zero-order chi connectivity index (χ0) is 17.8. The summed E-state index contributed by atoms with van der Waals surface area (Å²) < 4.78 is 0. The maximum Gasteiger partial charge on any atom is 0.244 e. The SMILES string of the molecule is CC(NC(=O)/C=C/c1ccc(Cl)c(Cl)c1)c1ccc2ccccc2c1. The molecule has 4 heteroatoms. The van der Waals surface area contributed by atoms with Crippen LogP contribution in [0.2, 0.25) is 10.0 Å². The molecule has 1 atom stereocenters. The quantitative estimate of drug-likeness (QED) is 0.558. The summed E-state index contributed by atoms with van der Waals surface area (Å²) in [5.74, 6) is -0.160. The minimum atomic E-state index is -0.160. The van der Waals surface area contributed by atoms with E-state index >= 15 is 0 Å². The highest BCUT2D eigenvalue weighted by Crippen LogP contribution is 2.23. The lowest BCUT2D eigenvalue weighted by Crippen LogP contribution is -2.24. The number of carbonyl (C=O) groups is 1. The van der Waals surface area contributed by atoms with Gasteiger partial charge < -0.3 is 5.32 Å². The van der Waals surface area contributed by atoms with Crippen LogP contribution in [0.25, 0.3) is 16.8 Å². The molecule has 1 amide bonds. The first-order valence-electron chi connectivity index (χ1n) is 7.95. The molecule has 3 rings (SSSR count). The van der Waals surface area contributed by atoms with Crippen LogP contribution in [0.15, 0.2) is 66.7 Å². The van der Waals surface area contributed by atoms with E-state index in [1.165, 1.54) is 11.5 Å². The second kappa shape index (κ2) is 7.73. The smallest absolute Gasteiger partial charge is 0.244 e. The van der Waals surface area contributed by atoms with Crippen LogP contribution in [-0.2, 0) is 4.79 Å². The number of hydrogen-bond acceptors (Lipinski definition) is 1. The first kappa shape index (κ1) is 17.5. The Balaban J connectivity index is 1.68. The van der Waals surface area contributed by atoms with E-state index in [0.717, 1.165) is 16.5 Å². The van der Waals surface area contributed by atoms with Gasteiger partial charge in [0.15, 0.2) is 0 Å². The lowest BCUT2D eigenvalue weighted by Gasteiger charge is -2.14. The van der Waals surface area contributed by atoms with Crippen molar-refractivity contribution in [3.63, 3.8) is 0 Å². The van der Waals surface area contributed by atoms with Gasteiger partial charge in [0.25, 0.3) is 0 Å². The van der Waals surface area contributed by atoms with Gasteiger partial charge in [0.1, 0.15) is 0 Å². The number of benzene rings is 3. The van der Waals surface area contributed by atoms with E-state index in [1.54, 1.807) is 18.2 Å². The molecule has 0 fully saturated rings. The van der Waals surface area contributed by atoms with Gasteiger partial charge >= 0.3 is 0 Å². The fourth-order valence-corrected chi connectivity index (χ4v) is 2.92. The average molecular weight is 370 g/mol. The number of nitrogens with one attached hydrogen (secondary N) is 1. The van der Waals surface area contributed by atoms with Crippen molar-refractivity contribution in [2.75, 3.05) is 0 Å². The van der Waals surface area contributed by atoms with Gasteiger partial charge in [0.2, 0.25) is 5.91 Å². The molecule has 0 radical (unpaired) electrons. The fourth-order valence-electron chi connectivity index (χ4n) is 2.61. The molecule has 0 heterocycles. The molecule has 0 spiro atoms. The topological polar surface area (TPSA) is 29.1 Å². The first-order valence-corrected chi connectivity index (χ1v) is 8.71. The number of halogens is 2. The summed E-state index contributed by atoms with van der Waals surface area (Å²) in [5.41, 5.74) is 1.89. The van der Waals surface area contributed by atoms with E-state index in [9.17, 15) is 4.79 Å². The van der Waals surface area contributed by atoms with E-state index < -0.39 is 0 Å². The third-order valence-corrected chi connectivity index (χ3v) is 4.74.